The average Bonchev–Trinajstić information content (AvgIpc) is 3.37. The Morgan fingerprint density at radius 1 is 1.21 bits per heavy atom. The van der Waals surface area contributed by atoms with Crippen LogP contribution in [0.25, 0.3) is 11.5 Å². The first-order valence-electron chi connectivity index (χ1n) is 10.3. The van der Waals surface area contributed by atoms with Gasteiger partial charge in [-0.1, -0.05) is 24.2 Å². The molecule has 0 N–H and O–H groups in total. The second kappa shape index (κ2) is 8.63. The van der Waals surface area contributed by atoms with E-state index in [1.807, 2.05) is 29.2 Å². The van der Waals surface area contributed by atoms with Crippen LogP contribution < -0.4 is 9.64 Å². The number of rotatable bonds is 7. The van der Waals surface area contributed by atoms with Gasteiger partial charge in [0.1, 0.15) is 5.75 Å². The Morgan fingerprint density at radius 2 is 2.11 bits per heavy atom. The molecule has 2 fully saturated rings. The maximum Gasteiger partial charge on any atom is 0.318 e. The molecule has 7 nitrogen and oxygen atoms in total. The molecular formula is C21H28N4O3. The van der Waals surface area contributed by atoms with Gasteiger partial charge in [0, 0.05) is 32.6 Å². The van der Waals surface area contributed by atoms with Crippen LogP contribution in [0.5, 0.6) is 5.75 Å². The molecule has 2 aliphatic rings. The minimum atomic E-state index is 0.292. The predicted octanol–water partition coefficient (Wildman–Crippen LogP) is 3.36. The van der Waals surface area contributed by atoms with E-state index in [4.69, 9.17) is 9.15 Å². The van der Waals surface area contributed by atoms with Gasteiger partial charge in [0.05, 0.1) is 12.2 Å². The van der Waals surface area contributed by atoms with Crippen LogP contribution >= 0.6 is 0 Å². The van der Waals surface area contributed by atoms with Crippen LogP contribution in [0.15, 0.2) is 28.7 Å². The van der Waals surface area contributed by atoms with E-state index in [2.05, 4.69) is 22.0 Å². The number of likely N-dealkylation sites (tertiary alicyclic amines) is 1. The number of ether oxygens (including phenoxy) is 1. The lowest BCUT2D eigenvalue weighted by Crippen LogP contribution is -2.41. The minimum Gasteiger partial charge on any atom is -0.493 e. The van der Waals surface area contributed by atoms with Crippen molar-refractivity contribution in [1.29, 1.82) is 0 Å². The standard InChI is InChI=1S/C21H28N4O3/c1-2-13-27-18-9-4-3-8-17(18)20-22-23-21(28-20)25-12-5-7-16(15-25)14-24-11-6-10-19(24)26/h3-4,8-9,16H,2,5-7,10-15H2,1H3. The maximum atomic E-state index is 11.9. The normalized spacial score (nSPS) is 20.0. The highest BCUT2D eigenvalue weighted by Gasteiger charge is 2.29. The monoisotopic (exact) mass is 384 g/mol. The summed E-state index contributed by atoms with van der Waals surface area (Å²) < 4.78 is 11.8. The van der Waals surface area contributed by atoms with Gasteiger partial charge >= 0.3 is 6.01 Å². The van der Waals surface area contributed by atoms with Gasteiger partial charge in [0.15, 0.2) is 0 Å². The first-order valence-corrected chi connectivity index (χ1v) is 10.3. The Bertz CT molecular complexity index is 806. The molecule has 1 aromatic heterocycles. The van der Waals surface area contributed by atoms with Gasteiger partial charge in [0.25, 0.3) is 5.89 Å². The summed E-state index contributed by atoms with van der Waals surface area (Å²) in [5, 5.41) is 8.56. The second-order valence-electron chi connectivity index (χ2n) is 7.63. The maximum absolute atomic E-state index is 11.9. The molecule has 2 saturated heterocycles. The minimum absolute atomic E-state index is 0.292. The van der Waals surface area contributed by atoms with Crippen LogP contribution in [0.3, 0.4) is 0 Å². The molecule has 3 heterocycles. The van der Waals surface area contributed by atoms with E-state index < -0.39 is 0 Å². The van der Waals surface area contributed by atoms with Crippen molar-refractivity contribution in [2.75, 3.05) is 37.7 Å². The topological polar surface area (TPSA) is 71.7 Å². The van der Waals surface area contributed by atoms with Gasteiger partial charge in [-0.25, -0.2) is 0 Å². The summed E-state index contributed by atoms with van der Waals surface area (Å²) in [6.45, 7) is 6.22. The van der Waals surface area contributed by atoms with Gasteiger partial charge in [-0.3, -0.25) is 4.79 Å². The van der Waals surface area contributed by atoms with Crippen molar-refractivity contribution < 1.29 is 13.9 Å². The number of para-hydroxylation sites is 1. The number of aromatic nitrogens is 2. The first kappa shape index (κ1) is 18.8. The van der Waals surface area contributed by atoms with E-state index >= 15 is 0 Å². The summed E-state index contributed by atoms with van der Waals surface area (Å²) in [4.78, 5) is 16.1. The van der Waals surface area contributed by atoms with E-state index in [-0.39, 0.29) is 0 Å². The zero-order valence-electron chi connectivity index (χ0n) is 16.5. The summed E-state index contributed by atoms with van der Waals surface area (Å²) in [5.41, 5.74) is 0.825. The van der Waals surface area contributed by atoms with Crippen LogP contribution in [0.2, 0.25) is 0 Å². The Labute approximate surface area is 165 Å². The fourth-order valence-corrected chi connectivity index (χ4v) is 4.03. The molecule has 1 atom stereocenters. The predicted molar refractivity (Wildman–Crippen MR) is 106 cm³/mol. The summed E-state index contributed by atoms with van der Waals surface area (Å²) in [7, 11) is 0. The van der Waals surface area contributed by atoms with Gasteiger partial charge in [0.2, 0.25) is 5.91 Å². The molecule has 0 spiro atoms. The molecule has 4 rings (SSSR count). The van der Waals surface area contributed by atoms with Crippen LogP contribution in [-0.2, 0) is 4.79 Å². The number of carbonyl (C=O) groups is 1. The first-order chi connectivity index (χ1) is 13.7. The largest absolute Gasteiger partial charge is 0.493 e. The molecule has 0 radical (unpaired) electrons. The fourth-order valence-electron chi connectivity index (χ4n) is 4.03. The zero-order valence-corrected chi connectivity index (χ0v) is 16.5. The van der Waals surface area contributed by atoms with Gasteiger partial charge in [-0.15, -0.1) is 5.10 Å². The molecule has 0 aliphatic carbocycles. The van der Waals surface area contributed by atoms with Gasteiger partial charge in [-0.2, -0.15) is 0 Å². The Hall–Kier alpha value is -2.57. The van der Waals surface area contributed by atoms with Crippen LogP contribution in [0, 0.1) is 5.92 Å². The van der Waals surface area contributed by atoms with E-state index in [0.29, 0.717) is 36.8 Å². The average molecular weight is 384 g/mol. The molecule has 150 valence electrons. The molecular weight excluding hydrogens is 356 g/mol. The summed E-state index contributed by atoms with van der Waals surface area (Å²) in [5.74, 6) is 1.99. The van der Waals surface area contributed by atoms with Crippen molar-refractivity contribution in [3.63, 3.8) is 0 Å². The van der Waals surface area contributed by atoms with Crippen molar-refractivity contribution in [3.8, 4) is 17.2 Å². The third-order valence-electron chi connectivity index (χ3n) is 5.43. The number of benzene rings is 1. The third-order valence-corrected chi connectivity index (χ3v) is 5.43. The Morgan fingerprint density at radius 3 is 2.93 bits per heavy atom. The number of amides is 1. The lowest BCUT2D eigenvalue weighted by Gasteiger charge is -2.33. The lowest BCUT2D eigenvalue weighted by atomic mass is 9.98. The molecule has 2 aromatic rings. The molecule has 0 saturated carbocycles. The second-order valence-corrected chi connectivity index (χ2v) is 7.63. The fraction of sp³-hybridized carbons (Fsp3) is 0.571. The van der Waals surface area contributed by atoms with Crippen molar-refractivity contribution >= 4 is 11.9 Å². The molecule has 7 heteroatoms. The SMILES string of the molecule is CCCOc1ccccc1-c1nnc(N2CCCC(CN3CCCC3=O)C2)o1. The molecule has 28 heavy (non-hydrogen) atoms. The number of anilines is 1. The Balaban J connectivity index is 1.44. The highest BCUT2D eigenvalue weighted by Crippen LogP contribution is 2.32. The smallest absolute Gasteiger partial charge is 0.318 e. The number of piperidine rings is 1. The molecule has 0 bridgehead atoms. The van der Waals surface area contributed by atoms with Gasteiger partial charge < -0.3 is 19.0 Å². The third kappa shape index (κ3) is 4.13. The number of nitrogens with zero attached hydrogens (tertiary/aromatic N) is 4. The highest BCUT2D eigenvalue weighted by molar-refractivity contribution is 5.78. The molecule has 1 aromatic carbocycles. The quantitative estimate of drug-likeness (QED) is 0.729. The van der Waals surface area contributed by atoms with E-state index in [1.165, 1.54) is 0 Å². The number of hydrogen-bond donors (Lipinski definition) is 0. The highest BCUT2D eigenvalue weighted by atomic mass is 16.5. The molecule has 2 aliphatic heterocycles. The number of hydrogen-bond acceptors (Lipinski definition) is 6. The Kier molecular flexibility index (Phi) is 5.78. The van der Waals surface area contributed by atoms with Gasteiger partial charge in [-0.05, 0) is 43.7 Å². The van der Waals surface area contributed by atoms with Crippen LogP contribution in [0.1, 0.15) is 39.0 Å². The molecule has 1 unspecified atom stereocenters. The van der Waals surface area contributed by atoms with E-state index in [0.717, 1.165) is 63.2 Å². The van der Waals surface area contributed by atoms with Crippen LogP contribution in [-0.4, -0.2) is 53.8 Å². The summed E-state index contributed by atoms with van der Waals surface area (Å²) in [6, 6.07) is 8.32. The summed E-state index contributed by atoms with van der Waals surface area (Å²) in [6.07, 6.45) is 4.83. The van der Waals surface area contributed by atoms with Crippen molar-refractivity contribution in [2.45, 2.75) is 39.0 Å². The molecule has 1 amide bonds. The van der Waals surface area contributed by atoms with Crippen molar-refractivity contribution in [1.82, 2.24) is 15.1 Å². The van der Waals surface area contributed by atoms with Crippen LogP contribution in [0.4, 0.5) is 6.01 Å². The van der Waals surface area contributed by atoms with E-state index in [9.17, 15) is 4.79 Å². The zero-order chi connectivity index (χ0) is 19.3. The van der Waals surface area contributed by atoms with Crippen molar-refractivity contribution in [3.05, 3.63) is 24.3 Å². The lowest BCUT2D eigenvalue weighted by molar-refractivity contribution is -0.128. The van der Waals surface area contributed by atoms with E-state index in [1.54, 1.807) is 0 Å². The number of carbonyl (C=O) groups excluding carboxylic acids is 1. The van der Waals surface area contributed by atoms with Crippen molar-refractivity contribution in [2.24, 2.45) is 5.92 Å². The summed E-state index contributed by atoms with van der Waals surface area (Å²) >= 11 is 0.